The van der Waals surface area contributed by atoms with E-state index in [-0.39, 0.29) is 6.04 Å². The third-order valence-electron chi connectivity index (χ3n) is 3.14. The summed E-state index contributed by atoms with van der Waals surface area (Å²) in [6.45, 7) is 5.12. The van der Waals surface area contributed by atoms with Gasteiger partial charge in [0.15, 0.2) is 0 Å². The summed E-state index contributed by atoms with van der Waals surface area (Å²) in [5.41, 5.74) is 2.24. The van der Waals surface area contributed by atoms with Crippen molar-refractivity contribution >= 4 is 32.9 Å². The van der Waals surface area contributed by atoms with Gasteiger partial charge in [-0.2, -0.15) is 0 Å². The van der Waals surface area contributed by atoms with Crippen molar-refractivity contribution in [1.82, 2.24) is 15.3 Å². The number of likely N-dealkylation sites (N-methyl/N-ethyl adjacent to an activating group) is 1. The van der Waals surface area contributed by atoms with Crippen molar-refractivity contribution in [2.45, 2.75) is 26.3 Å². The normalized spacial score (nSPS) is 12.9. The van der Waals surface area contributed by atoms with E-state index in [2.05, 4.69) is 40.8 Å². The van der Waals surface area contributed by atoms with Crippen LogP contribution in [0.4, 0.5) is 0 Å². The van der Waals surface area contributed by atoms with Gasteiger partial charge in [0.25, 0.3) is 0 Å². The van der Waals surface area contributed by atoms with Gasteiger partial charge >= 0.3 is 0 Å². The number of para-hydroxylation sites is 1. The van der Waals surface area contributed by atoms with E-state index < -0.39 is 0 Å². The quantitative estimate of drug-likeness (QED) is 0.775. The largest absolute Gasteiger partial charge is 0.308 e. The van der Waals surface area contributed by atoms with Gasteiger partial charge in [-0.1, -0.05) is 19.1 Å². The minimum Gasteiger partial charge on any atom is -0.308 e. The zero-order valence-corrected chi connectivity index (χ0v) is 13.2. The van der Waals surface area contributed by atoms with Crippen molar-refractivity contribution in [1.29, 1.82) is 0 Å². The Balaban J connectivity index is 1.89. The number of benzene rings is 1. The molecule has 0 aliphatic rings. The molecular weight excluding hydrogens is 286 g/mol. The van der Waals surface area contributed by atoms with Gasteiger partial charge in [-0.05, 0) is 25.6 Å². The molecule has 0 aliphatic carbocycles. The Bertz CT molecular complexity index is 669. The maximum Gasteiger partial charge on any atom is 0.111 e. The fraction of sp³-hybridized carbons (Fsp3) is 0.333. The molecule has 0 bridgehead atoms. The molecule has 104 valence electrons. The number of nitrogens with one attached hydrogen (secondary N) is 1. The van der Waals surface area contributed by atoms with Crippen molar-refractivity contribution < 1.29 is 0 Å². The Morgan fingerprint density at radius 2 is 2.10 bits per heavy atom. The van der Waals surface area contributed by atoms with Crippen LogP contribution in [0.2, 0.25) is 0 Å². The standard InChI is InChI=1S/C15H17N3S2/c1-3-16-13(8-11-9-19-10(2)17-11)15-18-12-6-4-5-7-14(12)20-15/h4-7,9,13,16H,3,8H2,1-2H3. The van der Waals surface area contributed by atoms with Crippen molar-refractivity contribution in [3.63, 3.8) is 0 Å². The van der Waals surface area contributed by atoms with E-state index in [1.807, 2.05) is 13.0 Å². The van der Waals surface area contributed by atoms with Crippen LogP contribution in [0.5, 0.6) is 0 Å². The minimum atomic E-state index is 0.249. The highest BCUT2D eigenvalue weighted by molar-refractivity contribution is 7.18. The van der Waals surface area contributed by atoms with Gasteiger partial charge in [0.2, 0.25) is 0 Å². The van der Waals surface area contributed by atoms with Crippen LogP contribution < -0.4 is 5.32 Å². The molecule has 0 amide bonds. The van der Waals surface area contributed by atoms with Crippen LogP contribution in [0, 0.1) is 6.92 Å². The number of aromatic nitrogens is 2. The Labute approximate surface area is 126 Å². The number of nitrogens with zero attached hydrogens (tertiary/aromatic N) is 2. The summed E-state index contributed by atoms with van der Waals surface area (Å²) in [7, 11) is 0. The molecule has 3 nitrogen and oxygen atoms in total. The molecule has 5 heteroatoms. The van der Waals surface area contributed by atoms with Crippen LogP contribution in [-0.2, 0) is 6.42 Å². The Kier molecular flexibility index (Phi) is 4.10. The second-order valence-corrected chi connectivity index (χ2v) is 6.82. The molecule has 1 unspecified atom stereocenters. The van der Waals surface area contributed by atoms with Crippen molar-refractivity contribution in [3.05, 3.63) is 45.4 Å². The summed E-state index contributed by atoms with van der Waals surface area (Å²) in [6, 6.07) is 8.56. The van der Waals surface area contributed by atoms with Crippen LogP contribution >= 0.6 is 22.7 Å². The average molecular weight is 303 g/mol. The number of hydrogen-bond acceptors (Lipinski definition) is 5. The molecule has 0 saturated carbocycles. The van der Waals surface area contributed by atoms with E-state index in [4.69, 9.17) is 4.98 Å². The Hall–Kier alpha value is -1.30. The second-order valence-electron chi connectivity index (χ2n) is 4.69. The van der Waals surface area contributed by atoms with E-state index in [1.54, 1.807) is 22.7 Å². The van der Waals surface area contributed by atoms with Crippen LogP contribution in [-0.4, -0.2) is 16.5 Å². The first-order valence-electron chi connectivity index (χ1n) is 6.76. The molecule has 0 radical (unpaired) electrons. The van der Waals surface area contributed by atoms with Crippen molar-refractivity contribution in [2.24, 2.45) is 0 Å². The molecule has 1 atom stereocenters. The molecule has 0 fully saturated rings. The van der Waals surface area contributed by atoms with E-state index in [9.17, 15) is 0 Å². The average Bonchev–Trinajstić information content (AvgIpc) is 3.04. The predicted octanol–water partition coefficient (Wildman–Crippen LogP) is 3.95. The first kappa shape index (κ1) is 13.7. The molecule has 0 saturated heterocycles. The van der Waals surface area contributed by atoms with Crippen LogP contribution in [0.1, 0.15) is 28.7 Å². The first-order chi connectivity index (χ1) is 9.76. The summed E-state index contributed by atoms with van der Waals surface area (Å²) in [6.07, 6.45) is 0.901. The van der Waals surface area contributed by atoms with Crippen molar-refractivity contribution in [3.8, 4) is 0 Å². The van der Waals surface area contributed by atoms with Gasteiger partial charge in [-0.25, -0.2) is 9.97 Å². The molecule has 3 aromatic rings. The Morgan fingerprint density at radius 3 is 2.80 bits per heavy atom. The number of thiazole rings is 2. The topological polar surface area (TPSA) is 37.8 Å². The molecular formula is C15H17N3S2. The maximum atomic E-state index is 4.77. The number of rotatable bonds is 5. The lowest BCUT2D eigenvalue weighted by molar-refractivity contribution is 0.543. The highest BCUT2D eigenvalue weighted by Crippen LogP contribution is 2.28. The molecule has 2 heterocycles. The van der Waals surface area contributed by atoms with Crippen LogP contribution in [0.3, 0.4) is 0 Å². The fourth-order valence-electron chi connectivity index (χ4n) is 2.24. The molecule has 1 aromatic carbocycles. The van der Waals surface area contributed by atoms with Crippen LogP contribution in [0.25, 0.3) is 10.2 Å². The van der Waals surface area contributed by atoms with Crippen LogP contribution in [0.15, 0.2) is 29.6 Å². The van der Waals surface area contributed by atoms with Gasteiger partial charge in [0.1, 0.15) is 5.01 Å². The lowest BCUT2D eigenvalue weighted by Crippen LogP contribution is -2.22. The van der Waals surface area contributed by atoms with E-state index >= 15 is 0 Å². The molecule has 2 aromatic heterocycles. The predicted molar refractivity (Wildman–Crippen MR) is 86.6 cm³/mol. The van der Waals surface area contributed by atoms with Gasteiger partial charge in [0.05, 0.1) is 27.0 Å². The number of aryl methyl sites for hydroxylation is 1. The SMILES string of the molecule is CCNC(Cc1csc(C)n1)c1nc2ccccc2s1. The van der Waals surface area contributed by atoms with Gasteiger partial charge in [-0.15, -0.1) is 22.7 Å². The van der Waals surface area contributed by atoms with E-state index in [0.29, 0.717) is 0 Å². The fourth-order valence-corrected chi connectivity index (χ4v) is 3.91. The third-order valence-corrected chi connectivity index (χ3v) is 5.11. The zero-order chi connectivity index (χ0) is 13.9. The molecule has 1 N–H and O–H groups in total. The smallest absolute Gasteiger partial charge is 0.111 e. The van der Waals surface area contributed by atoms with E-state index in [0.717, 1.165) is 34.2 Å². The molecule has 3 rings (SSSR count). The summed E-state index contributed by atoms with van der Waals surface area (Å²) in [5, 5.41) is 7.95. The van der Waals surface area contributed by atoms with Gasteiger partial charge < -0.3 is 5.32 Å². The minimum absolute atomic E-state index is 0.249. The lowest BCUT2D eigenvalue weighted by Gasteiger charge is -2.13. The Morgan fingerprint density at radius 1 is 1.25 bits per heavy atom. The summed E-state index contributed by atoms with van der Waals surface area (Å²) >= 11 is 3.48. The van der Waals surface area contributed by atoms with Gasteiger partial charge in [0, 0.05) is 11.8 Å². The third kappa shape index (κ3) is 2.90. The molecule has 0 spiro atoms. The lowest BCUT2D eigenvalue weighted by atomic mass is 10.2. The summed E-state index contributed by atoms with van der Waals surface area (Å²) in [4.78, 5) is 9.33. The summed E-state index contributed by atoms with van der Waals surface area (Å²) < 4.78 is 1.25. The number of fused-ring (bicyclic) bond motifs is 1. The monoisotopic (exact) mass is 303 g/mol. The zero-order valence-electron chi connectivity index (χ0n) is 11.6. The molecule has 0 aliphatic heterocycles. The highest BCUT2D eigenvalue weighted by Gasteiger charge is 2.17. The second kappa shape index (κ2) is 5.99. The number of hydrogen-bond donors (Lipinski definition) is 1. The summed E-state index contributed by atoms with van der Waals surface area (Å²) in [5.74, 6) is 0. The molecule has 20 heavy (non-hydrogen) atoms. The van der Waals surface area contributed by atoms with Crippen molar-refractivity contribution in [2.75, 3.05) is 6.54 Å². The first-order valence-corrected chi connectivity index (χ1v) is 8.45. The maximum absolute atomic E-state index is 4.77. The van der Waals surface area contributed by atoms with E-state index in [1.165, 1.54) is 4.70 Å². The van der Waals surface area contributed by atoms with Gasteiger partial charge in [-0.3, -0.25) is 0 Å². The highest BCUT2D eigenvalue weighted by atomic mass is 32.1.